The van der Waals surface area contributed by atoms with Crippen LogP contribution in [-0.4, -0.2) is 54.0 Å². The lowest BCUT2D eigenvalue weighted by molar-refractivity contribution is -0.385. The maximum absolute atomic E-state index is 12.9. The molecule has 0 aliphatic carbocycles. The summed E-state index contributed by atoms with van der Waals surface area (Å²) in [5, 5.41) is 19.1. The van der Waals surface area contributed by atoms with Crippen LogP contribution in [0.1, 0.15) is 11.3 Å². The summed E-state index contributed by atoms with van der Waals surface area (Å²) in [7, 11) is -3.79. The normalized spacial score (nSPS) is 15.8. The molecule has 0 radical (unpaired) electrons. The molecule has 138 valence electrons. The number of hydrogen-bond acceptors (Lipinski definition) is 7. The Balaban J connectivity index is 1.79. The number of piperazine rings is 1. The number of benzene rings is 1. The zero-order valence-electron chi connectivity index (χ0n) is 14.5. The molecule has 0 amide bonds. The van der Waals surface area contributed by atoms with Crippen molar-refractivity contribution in [2.75, 3.05) is 31.1 Å². The summed E-state index contributed by atoms with van der Waals surface area (Å²) in [4.78, 5) is 12.3. The van der Waals surface area contributed by atoms with Crippen molar-refractivity contribution in [1.29, 1.82) is 0 Å². The van der Waals surface area contributed by atoms with Crippen LogP contribution in [-0.2, 0) is 10.0 Å². The van der Waals surface area contributed by atoms with Crippen LogP contribution in [0.25, 0.3) is 0 Å². The SMILES string of the molecule is Cc1ccc(N2CCN(S(=O)(=O)c3cc([N+](=O)[O-])ccc3C)CC2)nn1. The van der Waals surface area contributed by atoms with Gasteiger partial charge in [0.2, 0.25) is 10.0 Å². The van der Waals surface area contributed by atoms with E-state index in [1.807, 2.05) is 24.0 Å². The zero-order valence-corrected chi connectivity index (χ0v) is 15.3. The first-order valence-electron chi connectivity index (χ1n) is 8.09. The molecule has 10 heteroatoms. The van der Waals surface area contributed by atoms with E-state index in [1.54, 1.807) is 6.92 Å². The summed E-state index contributed by atoms with van der Waals surface area (Å²) >= 11 is 0. The van der Waals surface area contributed by atoms with Gasteiger partial charge in [0.15, 0.2) is 5.82 Å². The van der Waals surface area contributed by atoms with E-state index < -0.39 is 14.9 Å². The minimum absolute atomic E-state index is 0.0183. The van der Waals surface area contributed by atoms with E-state index in [9.17, 15) is 18.5 Å². The Kier molecular flexibility index (Phi) is 4.88. The number of aryl methyl sites for hydroxylation is 2. The molecule has 9 nitrogen and oxygen atoms in total. The van der Waals surface area contributed by atoms with Gasteiger partial charge in [0.1, 0.15) is 0 Å². The third-order valence-electron chi connectivity index (χ3n) is 4.35. The molecular weight excluding hydrogens is 358 g/mol. The number of hydrogen-bond donors (Lipinski definition) is 0. The number of nitro benzene ring substituents is 1. The van der Waals surface area contributed by atoms with Gasteiger partial charge in [0.05, 0.1) is 15.5 Å². The van der Waals surface area contributed by atoms with E-state index in [2.05, 4.69) is 10.2 Å². The summed E-state index contributed by atoms with van der Waals surface area (Å²) in [6.07, 6.45) is 0. The summed E-state index contributed by atoms with van der Waals surface area (Å²) in [6.45, 7) is 4.99. The number of non-ortho nitro benzene ring substituents is 1. The molecule has 0 unspecified atom stereocenters. The highest BCUT2D eigenvalue weighted by Crippen LogP contribution is 2.26. The highest BCUT2D eigenvalue weighted by molar-refractivity contribution is 7.89. The lowest BCUT2D eigenvalue weighted by Gasteiger charge is -2.34. The fourth-order valence-electron chi connectivity index (χ4n) is 2.84. The molecule has 26 heavy (non-hydrogen) atoms. The van der Waals surface area contributed by atoms with Gasteiger partial charge in [-0.1, -0.05) is 6.07 Å². The van der Waals surface area contributed by atoms with Crippen molar-refractivity contribution in [2.24, 2.45) is 0 Å². The van der Waals surface area contributed by atoms with E-state index in [1.165, 1.54) is 16.4 Å². The van der Waals surface area contributed by atoms with Crippen LogP contribution in [0.4, 0.5) is 11.5 Å². The Morgan fingerprint density at radius 3 is 2.31 bits per heavy atom. The van der Waals surface area contributed by atoms with E-state index in [4.69, 9.17) is 0 Å². The van der Waals surface area contributed by atoms with Gasteiger partial charge in [0.25, 0.3) is 5.69 Å². The van der Waals surface area contributed by atoms with Gasteiger partial charge < -0.3 is 4.90 Å². The van der Waals surface area contributed by atoms with Crippen molar-refractivity contribution < 1.29 is 13.3 Å². The Labute approximate surface area is 151 Å². The first-order chi connectivity index (χ1) is 12.3. The molecule has 0 saturated carbocycles. The minimum atomic E-state index is -3.79. The smallest absolute Gasteiger partial charge is 0.270 e. The van der Waals surface area contributed by atoms with E-state index in [0.29, 0.717) is 24.5 Å². The van der Waals surface area contributed by atoms with Gasteiger partial charge in [0, 0.05) is 38.3 Å². The second kappa shape index (κ2) is 6.96. The minimum Gasteiger partial charge on any atom is -0.352 e. The Bertz CT molecular complexity index is 922. The quantitative estimate of drug-likeness (QED) is 0.587. The molecule has 0 bridgehead atoms. The molecule has 0 spiro atoms. The fraction of sp³-hybridized carbons (Fsp3) is 0.375. The number of sulfonamides is 1. The molecule has 0 N–H and O–H groups in total. The first-order valence-corrected chi connectivity index (χ1v) is 9.53. The molecular formula is C16H19N5O4S. The molecule has 1 saturated heterocycles. The van der Waals surface area contributed by atoms with Crippen LogP contribution in [0.5, 0.6) is 0 Å². The van der Waals surface area contributed by atoms with Crippen molar-refractivity contribution >= 4 is 21.5 Å². The number of nitrogens with zero attached hydrogens (tertiary/aromatic N) is 5. The van der Waals surface area contributed by atoms with Gasteiger partial charge >= 0.3 is 0 Å². The average Bonchev–Trinajstić information content (AvgIpc) is 2.62. The van der Waals surface area contributed by atoms with Crippen molar-refractivity contribution in [3.05, 3.63) is 51.7 Å². The summed E-state index contributed by atoms with van der Waals surface area (Å²) in [5.41, 5.74) is 1.07. The van der Waals surface area contributed by atoms with Gasteiger partial charge in [-0.05, 0) is 31.5 Å². The highest BCUT2D eigenvalue weighted by Gasteiger charge is 2.31. The molecule has 1 aliphatic rings. The molecule has 2 aromatic rings. The average molecular weight is 377 g/mol. The fourth-order valence-corrected chi connectivity index (χ4v) is 4.50. The van der Waals surface area contributed by atoms with Crippen molar-refractivity contribution in [3.63, 3.8) is 0 Å². The Morgan fingerprint density at radius 2 is 1.73 bits per heavy atom. The molecule has 1 aromatic heterocycles. The van der Waals surface area contributed by atoms with Crippen LogP contribution in [0, 0.1) is 24.0 Å². The van der Waals surface area contributed by atoms with Crippen LogP contribution in [0.3, 0.4) is 0 Å². The number of nitro groups is 1. The molecule has 0 atom stereocenters. The first kappa shape index (κ1) is 18.2. The van der Waals surface area contributed by atoms with E-state index in [0.717, 1.165) is 11.8 Å². The molecule has 1 aromatic carbocycles. The van der Waals surface area contributed by atoms with Gasteiger partial charge in [-0.25, -0.2) is 8.42 Å². The second-order valence-corrected chi connectivity index (χ2v) is 8.04. The van der Waals surface area contributed by atoms with Crippen LogP contribution in [0.15, 0.2) is 35.2 Å². The van der Waals surface area contributed by atoms with E-state index >= 15 is 0 Å². The van der Waals surface area contributed by atoms with Crippen molar-refractivity contribution in [2.45, 2.75) is 18.7 Å². The Hall–Kier alpha value is -2.59. The maximum atomic E-state index is 12.9. The monoisotopic (exact) mass is 377 g/mol. The predicted octanol–water partition coefficient (Wildman–Crippen LogP) is 1.51. The number of rotatable bonds is 4. The zero-order chi connectivity index (χ0) is 18.9. The summed E-state index contributed by atoms with van der Waals surface area (Å²) in [6, 6.07) is 7.61. The number of anilines is 1. The summed E-state index contributed by atoms with van der Waals surface area (Å²) in [5.74, 6) is 0.708. The van der Waals surface area contributed by atoms with Crippen LogP contribution in [0.2, 0.25) is 0 Å². The molecule has 1 aliphatic heterocycles. The molecule has 1 fully saturated rings. The molecule has 3 rings (SSSR count). The lowest BCUT2D eigenvalue weighted by Crippen LogP contribution is -2.49. The standard InChI is InChI=1S/C16H19N5O4S/c1-12-3-5-14(21(22)23)11-15(12)26(24,25)20-9-7-19(8-10-20)16-6-4-13(2)17-18-16/h3-6,11H,7-10H2,1-2H3. The Morgan fingerprint density at radius 1 is 1.04 bits per heavy atom. The largest absolute Gasteiger partial charge is 0.352 e. The van der Waals surface area contributed by atoms with E-state index in [-0.39, 0.29) is 23.7 Å². The third-order valence-corrected chi connectivity index (χ3v) is 6.39. The van der Waals surface area contributed by atoms with Crippen LogP contribution < -0.4 is 4.90 Å². The molecule has 2 heterocycles. The predicted molar refractivity (Wildman–Crippen MR) is 95.6 cm³/mol. The topological polar surface area (TPSA) is 110 Å². The lowest BCUT2D eigenvalue weighted by atomic mass is 10.2. The maximum Gasteiger partial charge on any atom is 0.270 e. The summed E-state index contributed by atoms with van der Waals surface area (Å²) < 4.78 is 27.2. The second-order valence-electron chi connectivity index (χ2n) is 6.13. The van der Waals surface area contributed by atoms with Gasteiger partial charge in [-0.2, -0.15) is 9.40 Å². The number of aromatic nitrogens is 2. The van der Waals surface area contributed by atoms with Gasteiger partial charge in [-0.3, -0.25) is 10.1 Å². The van der Waals surface area contributed by atoms with Crippen molar-refractivity contribution in [3.8, 4) is 0 Å². The van der Waals surface area contributed by atoms with Gasteiger partial charge in [-0.15, -0.1) is 5.10 Å². The van der Waals surface area contributed by atoms with Crippen molar-refractivity contribution in [1.82, 2.24) is 14.5 Å². The highest BCUT2D eigenvalue weighted by atomic mass is 32.2. The van der Waals surface area contributed by atoms with Crippen LogP contribution >= 0.6 is 0 Å². The third kappa shape index (κ3) is 3.51.